The molecule has 0 saturated carbocycles. The number of carboxylic acid groups (broad SMARTS) is 2. The first-order chi connectivity index (χ1) is 6.08. The summed E-state index contributed by atoms with van der Waals surface area (Å²) in [6.45, 7) is 0. The molecule has 0 aromatic rings. The van der Waals surface area contributed by atoms with Gasteiger partial charge in [-0.2, -0.15) is 17.6 Å². The fourth-order valence-corrected chi connectivity index (χ4v) is 0.638. The highest BCUT2D eigenvalue weighted by atomic mass is 19.3. The van der Waals surface area contributed by atoms with Crippen LogP contribution in [0.2, 0.25) is 0 Å². The third-order valence-corrected chi connectivity index (χ3v) is 1.28. The summed E-state index contributed by atoms with van der Waals surface area (Å²) < 4.78 is 49.7. The van der Waals surface area contributed by atoms with Gasteiger partial charge < -0.3 is 10.2 Å². The van der Waals surface area contributed by atoms with Gasteiger partial charge in [-0.05, 0) is 0 Å². The van der Waals surface area contributed by atoms with E-state index < -0.39 is 36.6 Å². The number of alkyl halides is 4. The lowest BCUT2D eigenvalue weighted by Gasteiger charge is -2.23. The lowest BCUT2D eigenvalue weighted by Crippen LogP contribution is -2.43. The zero-order valence-corrected chi connectivity index (χ0v) is 6.64. The molecule has 0 aromatic heterocycles. The van der Waals surface area contributed by atoms with E-state index in [0.717, 1.165) is 0 Å². The smallest absolute Gasteiger partial charge is 0.321 e. The van der Waals surface area contributed by atoms with E-state index in [1.54, 1.807) is 0 Å². The van der Waals surface area contributed by atoms with Gasteiger partial charge >= 0.3 is 23.8 Å². The second-order valence-electron chi connectivity index (χ2n) is 2.55. The topological polar surface area (TPSA) is 74.6 Å². The maximum Gasteiger partial charge on any atom is 0.321 e. The molecule has 0 aliphatic rings. The van der Waals surface area contributed by atoms with E-state index in [-0.39, 0.29) is 0 Å². The average molecular weight is 218 g/mol. The van der Waals surface area contributed by atoms with Gasteiger partial charge in [0.05, 0.1) is 0 Å². The molecule has 0 atom stereocenters. The molecule has 0 aliphatic heterocycles. The van der Waals surface area contributed by atoms with Gasteiger partial charge in [-0.1, -0.05) is 0 Å². The molecule has 0 spiro atoms. The molecule has 0 heterocycles. The van der Waals surface area contributed by atoms with Crippen molar-refractivity contribution in [2.24, 2.45) is 0 Å². The van der Waals surface area contributed by atoms with E-state index in [2.05, 4.69) is 0 Å². The van der Waals surface area contributed by atoms with Crippen LogP contribution in [-0.2, 0) is 9.59 Å². The van der Waals surface area contributed by atoms with E-state index in [9.17, 15) is 27.2 Å². The molecular weight excluding hydrogens is 212 g/mol. The highest BCUT2D eigenvalue weighted by Gasteiger charge is 2.58. The number of hydrogen-bond acceptors (Lipinski definition) is 2. The number of carbonyl (C=O) groups is 2. The number of hydrogen-bond donors (Lipinski definition) is 2. The molecule has 0 fully saturated rings. The summed E-state index contributed by atoms with van der Waals surface area (Å²) in [7, 11) is 0. The first kappa shape index (κ1) is 12.7. The van der Waals surface area contributed by atoms with Crippen LogP contribution in [0.1, 0.15) is 12.8 Å². The Morgan fingerprint density at radius 1 is 0.857 bits per heavy atom. The molecule has 0 bridgehead atoms. The molecule has 14 heavy (non-hydrogen) atoms. The highest BCUT2D eigenvalue weighted by molar-refractivity contribution is 5.70. The summed E-state index contributed by atoms with van der Waals surface area (Å²) in [5.74, 6) is -14.0. The van der Waals surface area contributed by atoms with Crippen LogP contribution < -0.4 is 0 Å². The van der Waals surface area contributed by atoms with Crippen molar-refractivity contribution in [3.8, 4) is 0 Å². The normalized spacial score (nSPS) is 12.6. The van der Waals surface area contributed by atoms with Gasteiger partial charge in [0.15, 0.2) is 0 Å². The molecule has 2 N–H and O–H groups in total. The maximum absolute atomic E-state index is 12.4. The molecule has 0 unspecified atom stereocenters. The molecule has 0 rings (SSSR count). The third kappa shape index (κ3) is 3.19. The summed E-state index contributed by atoms with van der Waals surface area (Å²) in [5.41, 5.74) is 0. The minimum atomic E-state index is -4.86. The van der Waals surface area contributed by atoms with Crippen LogP contribution in [0.15, 0.2) is 0 Å². The Labute approximate surface area is 75.1 Å². The first-order valence-electron chi connectivity index (χ1n) is 3.28. The summed E-state index contributed by atoms with van der Waals surface area (Å²) in [4.78, 5) is 19.6. The minimum Gasteiger partial charge on any atom is -0.481 e. The zero-order valence-electron chi connectivity index (χ0n) is 6.64. The van der Waals surface area contributed by atoms with Crippen LogP contribution in [0.3, 0.4) is 0 Å². The van der Waals surface area contributed by atoms with E-state index in [1.165, 1.54) is 0 Å². The van der Waals surface area contributed by atoms with Gasteiger partial charge in [0.25, 0.3) is 0 Å². The number of halogens is 4. The van der Waals surface area contributed by atoms with Crippen LogP contribution in [0.4, 0.5) is 17.6 Å². The van der Waals surface area contributed by atoms with Crippen molar-refractivity contribution in [3.05, 3.63) is 0 Å². The second-order valence-corrected chi connectivity index (χ2v) is 2.55. The monoisotopic (exact) mass is 218 g/mol. The van der Waals surface area contributed by atoms with E-state index >= 15 is 0 Å². The molecule has 0 aliphatic carbocycles. The average Bonchev–Trinajstić information content (AvgIpc) is 1.78. The Bertz CT molecular complexity index is 224. The van der Waals surface area contributed by atoms with Gasteiger partial charge in [0.2, 0.25) is 0 Å². The molecule has 0 amide bonds. The van der Waals surface area contributed by atoms with Gasteiger partial charge in [-0.15, -0.1) is 0 Å². The van der Waals surface area contributed by atoms with Crippen molar-refractivity contribution in [1.29, 1.82) is 0 Å². The zero-order chi connectivity index (χ0) is 11.6. The van der Waals surface area contributed by atoms with Crippen molar-refractivity contribution in [1.82, 2.24) is 0 Å². The van der Waals surface area contributed by atoms with E-state index in [1.807, 2.05) is 0 Å². The van der Waals surface area contributed by atoms with Gasteiger partial charge in [0.1, 0.15) is 12.8 Å². The van der Waals surface area contributed by atoms with Gasteiger partial charge in [0, 0.05) is 0 Å². The highest BCUT2D eigenvalue weighted by Crippen LogP contribution is 2.39. The van der Waals surface area contributed by atoms with Crippen LogP contribution in [0.5, 0.6) is 0 Å². The van der Waals surface area contributed by atoms with Gasteiger partial charge in [-0.3, -0.25) is 9.59 Å². The minimum absolute atomic E-state index is 2.10. The summed E-state index contributed by atoms with van der Waals surface area (Å²) in [6, 6.07) is 0. The van der Waals surface area contributed by atoms with Crippen LogP contribution in [0, 0.1) is 0 Å². The van der Waals surface area contributed by atoms with Crippen molar-refractivity contribution in [2.45, 2.75) is 24.7 Å². The molecule has 8 heteroatoms. The number of carboxylic acids is 2. The molecular formula is C6H6F4O4. The van der Waals surface area contributed by atoms with Gasteiger partial charge in [-0.25, -0.2) is 0 Å². The Morgan fingerprint density at radius 3 is 1.21 bits per heavy atom. The van der Waals surface area contributed by atoms with Crippen molar-refractivity contribution >= 4 is 11.9 Å². The fourth-order valence-electron chi connectivity index (χ4n) is 0.638. The maximum atomic E-state index is 12.4. The SMILES string of the molecule is O=C(O)CC(F)(F)C(F)(F)CC(=O)O. The molecule has 82 valence electrons. The number of rotatable bonds is 5. The summed E-state index contributed by atoms with van der Waals surface area (Å²) in [5, 5.41) is 15.8. The lowest BCUT2D eigenvalue weighted by atomic mass is 10.1. The quantitative estimate of drug-likeness (QED) is 0.680. The number of aliphatic carboxylic acids is 2. The second kappa shape index (κ2) is 3.81. The van der Waals surface area contributed by atoms with Crippen LogP contribution >= 0.6 is 0 Å². The predicted molar refractivity (Wildman–Crippen MR) is 34.4 cm³/mol. The summed E-state index contributed by atoms with van der Waals surface area (Å²) in [6.07, 6.45) is -4.21. The standard InChI is InChI=1S/C6H6F4O4/c7-5(8,1-3(11)12)6(9,10)2-4(13)14/h1-2H2,(H,11,12)(H,13,14). The van der Waals surface area contributed by atoms with Crippen LogP contribution in [0.25, 0.3) is 0 Å². The first-order valence-corrected chi connectivity index (χ1v) is 3.28. The summed E-state index contributed by atoms with van der Waals surface area (Å²) >= 11 is 0. The third-order valence-electron chi connectivity index (χ3n) is 1.28. The fraction of sp³-hybridized carbons (Fsp3) is 0.667. The molecule has 0 aromatic carbocycles. The van der Waals surface area contributed by atoms with Crippen molar-refractivity contribution < 1.29 is 37.4 Å². The van der Waals surface area contributed by atoms with E-state index in [0.29, 0.717) is 0 Å². The van der Waals surface area contributed by atoms with E-state index in [4.69, 9.17) is 10.2 Å². The Kier molecular flexibility index (Phi) is 3.44. The Morgan fingerprint density at radius 2 is 1.07 bits per heavy atom. The Balaban J connectivity index is 4.67. The largest absolute Gasteiger partial charge is 0.481 e. The lowest BCUT2D eigenvalue weighted by molar-refractivity contribution is -0.221. The Hall–Kier alpha value is -1.34. The van der Waals surface area contributed by atoms with Crippen molar-refractivity contribution in [2.75, 3.05) is 0 Å². The van der Waals surface area contributed by atoms with Crippen LogP contribution in [-0.4, -0.2) is 34.0 Å². The molecule has 0 saturated heterocycles. The molecule has 4 nitrogen and oxygen atoms in total. The van der Waals surface area contributed by atoms with Crippen molar-refractivity contribution in [3.63, 3.8) is 0 Å². The molecule has 0 radical (unpaired) electrons. The predicted octanol–water partition coefficient (Wildman–Crippen LogP) is 1.21.